The molecule has 2 heterocycles. The van der Waals surface area contributed by atoms with Gasteiger partial charge in [-0.1, -0.05) is 121 Å². The van der Waals surface area contributed by atoms with Gasteiger partial charge >= 0.3 is 41.3 Å². The highest BCUT2D eigenvalue weighted by molar-refractivity contribution is 7.67. The second-order valence-corrected chi connectivity index (χ2v) is 20.3. The van der Waals surface area contributed by atoms with E-state index in [4.69, 9.17) is 36.8 Å². The van der Waals surface area contributed by atoms with Gasteiger partial charge in [0.05, 0.1) is 26.4 Å². The zero-order valence-corrected chi connectivity index (χ0v) is 41.5. The number of phosphoric acid groups is 3. The Hall–Kier alpha value is -4.11. The predicted molar refractivity (Wildman–Crippen MR) is 251 cm³/mol. The van der Waals surface area contributed by atoms with Crippen LogP contribution < -0.4 is 33.0 Å². The molecule has 0 amide bonds. The smallest absolute Gasteiger partial charge is 0.434 e. The monoisotopic (exact) mass is 1020 g/mol. The molecule has 68 heavy (non-hydrogen) atoms. The number of ether oxygens (including phenoxy) is 4. The standard InChI is InChI=1S/C43H61N2O18P3.2H3N/c1-4-5-6-7-8-9-10-11-12-13-14-15-16-17-28-55-43(49)61-38-24-20-36(21-25-38)31-58-66(54,57-30-35-18-22-37(23-19-35)59-34(3)46)63-65(52,53)62-64(50,51)56-32-39-26-27-40(60-39)45-29-33(2)41(47)44-42(45)48;;/h18-27,29,39-40H,4-17,28,30-32H2,1-3H3,(H,50,51)(H,52,53)(H,44,47,48);2*1H3/t39-,40+,66?;;/m0../s1. The number of nitrogens with zero attached hydrogens (tertiary/aromatic N) is 1. The second kappa shape index (κ2) is 30.5. The number of aromatic amines is 1. The number of carbonyl (C=O) groups excluding carboxylic acids is 2. The number of H-pyrrole nitrogens is 1. The van der Waals surface area contributed by atoms with Crippen LogP contribution in [0.3, 0.4) is 0 Å². The van der Waals surface area contributed by atoms with Crippen molar-refractivity contribution < 1.29 is 74.2 Å². The van der Waals surface area contributed by atoms with Crippen LogP contribution in [0.15, 0.2) is 76.5 Å². The molecule has 0 fully saturated rings. The normalized spacial score (nSPS) is 16.9. The number of hydrogen-bond acceptors (Lipinski definition) is 18. The molecule has 0 radical (unpaired) electrons. The van der Waals surface area contributed by atoms with E-state index in [9.17, 15) is 42.7 Å². The number of aryl methyl sites for hydroxylation is 1. The number of nitrogens with one attached hydrogen (secondary N) is 1. The highest BCUT2D eigenvalue weighted by atomic mass is 31.3. The molecule has 5 atom stereocenters. The highest BCUT2D eigenvalue weighted by Crippen LogP contribution is 2.69. The van der Waals surface area contributed by atoms with Crippen molar-refractivity contribution in [3.05, 3.63) is 104 Å². The van der Waals surface area contributed by atoms with E-state index in [1.165, 1.54) is 145 Å². The number of benzene rings is 2. The maximum atomic E-state index is 13.9. The van der Waals surface area contributed by atoms with Crippen molar-refractivity contribution in [3.8, 4) is 11.5 Å². The first-order valence-electron chi connectivity index (χ1n) is 21.9. The number of hydrogen-bond donors (Lipinski definition) is 5. The topological polar surface area (TPSA) is 334 Å². The average molecular weight is 1020 g/mol. The number of phosphoric ester groups is 2. The molecule has 1 aliphatic heterocycles. The molecule has 1 aliphatic rings. The van der Waals surface area contributed by atoms with Crippen LogP contribution >= 0.6 is 23.5 Å². The lowest BCUT2D eigenvalue weighted by Crippen LogP contribution is -2.33. The van der Waals surface area contributed by atoms with Crippen molar-refractivity contribution in [1.82, 2.24) is 21.9 Å². The largest absolute Gasteiger partial charge is 0.513 e. The lowest BCUT2D eigenvalue weighted by molar-refractivity contribution is -0.131. The third-order valence-electron chi connectivity index (χ3n) is 9.84. The van der Waals surface area contributed by atoms with Gasteiger partial charge in [0.2, 0.25) is 0 Å². The van der Waals surface area contributed by atoms with E-state index in [0.717, 1.165) is 23.8 Å². The summed E-state index contributed by atoms with van der Waals surface area (Å²) in [5.74, 6) is -0.258. The Bertz CT molecular complexity index is 2290. The molecule has 382 valence electrons. The molecule has 3 unspecified atom stereocenters. The van der Waals surface area contributed by atoms with Crippen LogP contribution in [0.25, 0.3) is 0 Å². The van der Waals surface area contributed by atoms with Gasteiger partial charge < -0.3 is 41.0 Å². The molecule has 3 aromatic rings. The molecule has 0 saturated carbocycles. The zero-order chi connectivity index (χ0) is 48.0. The molecule has 9 N–H and O–H groups in total. The molecule has 0 aliphatic carbocycles. The summed E-state index contributed by atoms with van der Waals surface area (Å²) in [5, 5.41) is 0. The van der Waals surface area contributed by atoms with E-state index < -0.39 is 79.0 Å². The van der Waals surface area contributed by atoms with Crippen LogP contribution in [-0.4, -0.2) is 50.8 Å². The maximum absolute atomic E-state index is 13.9. The summed E-state index contributed by atoms with van der Waals surface area (Å²) >= 11 is 0. The Morgan fingerprint density at radius 2 is 1.19 bits per heavy atom. The minimum absolute atomic E-state index is 0. The summed E-state index contributed by atoms with van der Waals surface area (Å²) in [6.07, 6.45) is 17.9. The number of esters is 1. The molecule has 1 aromatic heterocycles. The van der Waals surface area contributed by atoms with Crippen molar-refractivity contribution in [1.29, 1.82) is 0 Å². The molecule has 0 spiro atoms. The van der Waals surface area contributed by atoms with E-state index in [2.05, 4.69) is 16.2 Å². The van der Waals surface area contributed by atoms with Gasteiger partial charge in [-0.25, -0.2) is 23.3 Å². The van der Waals surface area contributed by atoms with Crippen molar-refractivity contribution in [2.45, 2.75) is 136 Å². The fourth-order valence-electron chi connectivity index (χ4n) is 6.42. The van der Waals surface area contributed by atoms with Gasteiger partial charge in [-0.15, -0.1) is 0 Å². The summed E-state index contributed by atoms with van der Waals surface area (Å²) in [6, 6.07) is 11.3. The van der Waals surface area contributed by atoms with Crippen molar-refractivity contribution in [3.63, 3.8) is 0 Å². The second-order valence-electron chi connectivity index (χ2n) is 15.5. The van der Waals surface area contributed by atoms with Gasteiger partial charge in [-0.2, -0.15) is 8.62 Å². The summed E-state index contributed by atoms with van der Waals surface area (Å²) in [6.45, 7) is 3.24. The first kappa shape index (κ1) is 60.0. The van der Waals surface area contributed by atoms with Crippen LogP contribution in [0.1, 0.15) is 127 Å². The molecule has 22 nitrogen and oxygen atoms in total. The van der Waals surface area contributed by atoms with Gasteiger partial charge in [-0.05, 0) is 54.8 Å². The predicted octanol–water partition coefficient (Wildman–Crippen LogP) is 10.3. The van der Waals surface area contributed by atoms with E-state index in [1.807, 2.05) is 0 Å². The van der Waals surface area contributed by atoms with Gasteiger partial charge in [0, 0.05) is 18.7 Å². The summed E-state index contributed by atoms with van der Waals surface area (Å²) in [7, 11) is -16.5. The van der Waals surface area contributed by atoms with Crippen LogP contribution in [0.4, 0.5) is 4.79 Å². The minimum atomic E-state index is -5.81. The fraction of sp³-hybridized carbons (Fsp3) is 0.535. The van der Waals surface area contributed by atoms with Crippen LogP contribution in [0.2, 0.25) is 0 Å². The number of aromatic nitrogens is 2. The quantitative estimate of drug-likeness (QED) is 0.00998. The molecule has 0 bridgehead atoms. The van der Waals surface area contributed by atoms with Crippen LogP contribution in [0, 0.1) is 6.92 Å². The van der Waals surface area contributed by atoms with Crippen molar-refractivity contribution >= 4 is 35.6 Å². The number of rotatable bonds is 31. The minimum Gasteiger partial charge on any atom is -0.434 e. The summed E-state index contributed by atoms with van der Waals surface area (Å²) in [5.41, 5.74) is -0.552. The Morgan fingerprint density at radius 1 is 0.691 bits per heavy atom. The Balaban J connectivity index is 0.00000793. The van der Waals surface area contributed by atoms with E-state index in [1.54, 1.807) is 0 Å². The lowest BCUT2D eigenvalue weighted by Gasteiger charge is -2.22. The molecule has 25 heteroatoms. The number of unbranched alkanes of at least 4 members (excludes halogenated alkanes) is 13. The number of carbonyl (C=O) groups is 2. The van der Waals surface area contributed by atoms with Crippen LogP contribution in [0.5, 0.6) is 11.5 Å². The Kier molecular flexibility index (Phi) is 26.9. The van der Waals surface area contributed by atoms with Crippen molar-refractivity contribution in [2.24, 2.45) is 0 Å². The molecular weight excluding hydrogens is 953 g/mol. The third kappa shape index (κ3) is 23.0. The van der Waals surface area contributed by atoms with Gasteiger partial charge in [0.25, 0.3) is 5.56 Å². The molecular formula is C43H67N4O18P3. The first-order valence-corrected chi connectivity index (χ1v) is 26.4. The maximum Gasteiger partial charge on any atom is 0.513 e. The van der Waals surface area contributed by atoms with Gasteiger partial charge in [0.1, 0.15) is 17.6 Å². The highest BCUT2D eigenvalue weighted by Gasteiger charge is 2.44. The van der Waals surface area contributed by atoms with E-state index in [-0.39, 0.29) is 36.0 Å². The first-order chi connectivity index (χ1) is 31.4. The Morgan fingerprint density at radius 3 is 1.71 bits per heavy atom. The fourth-order valence-corrected chi connectivity index (χ4v) is 10.5. The average Bonchev–Trinajstić information content (AvgIpc) is 3.73. The zero-order valence-electron chi connectivity index (χ0n) is 38.9. The lowest BCUT2D eigenvalue weighted by atomic mass is 10.0. The van der Waals surface area contributed by atoms with Gasteiger partial charge in [-0.3, -0.25) is 32.7 Å². The SMILES string of the molecule is CCCCCCCCCCCCCCCCOC(=O)Oc1ccc(COP(=O)(OCc2ccc(OC(C)=O)cc2)OP(=O)(O)OP(=O)(O)OC[C@@H]2C=C[C@H](n3cc(C)c(=O)[nH]c3=O)O2)cc1.N.N. The van der Waals surface area contributed by atoms with E-state index in [0.29, 0.717) is 17.5 Å². The molecule has 0 saturated heterocycles. The summed E-state index contributed by atoms with van der Waals surface area (Å²) < 4.78 is 86.4. The van der Waals surface area contributed by atoms with E-state index >= 15 is 0 Å². The van der Waals surface area contributed by atoms with Gasteiger partial charge in [0.15, 0.2) is 6.23 Å². The molecule has 4 rings (SSSR count). The third-order valence-corrected chi connectivity index (χ3v) is 14.5. The molecule has 2 aromatic carbocycles. The van der Waals surface area contributed by atoms with Crippen molar-refractivity contribution in [2.75, 3.05) is 13.2 Å². The summed E-state index contributed by atoms with van der Waals surface area (Å²) in [4.78, 5) is 70.5. The van der Waals surface area contributed by atoms with Crippen LogP contribution in [-0.2, 0) is 63.4 Å². The Labute approximate surface area is 396 Å².